The van der Waals surface area contributed by atoms with Crippen LogP contribution in [0.3, 0.4) is 0 Å². The first kappa shape index (κ1) is 14.9. The molecule has 0 aliphatic carbocycles. The fraction of sp³-hybridized carbons (Fsp3) is 0.267. The van der Waals surface area contributed by atoms with E-state index in [0.717, 1.165) is 4.57 Å². The normalized spacial score (nSPS) is 11.2. The molecule has 120 valence electrons. The Labute approximate surface area is 130 Å². The van der Waals surface area contributed by atoms with E-state index in [-0.39, 0.29) is 24.6 Å². The van der Waals surface area contributed by atoms with E-state index in [4.69, 9.17) is 0 Å². The number of aromatic nitrogens is 4. The van der Waals surface area contributed by atoms with Gasteiger partial charge in [-0.3, -0.25) is 13.9 Å². The molecule has 0 bridgehead atoms. The molecule has 0 spiro atoms. The summed E-state index contributed by atoms with van der Waals surface area (Å²) in [6, 6.07) is 4.44. The second-order valence-electron chi connectivity index (χ2n) is 5.26. The molecular weight excluding hydrogens is 300 g/mol. The van der Waals surface area contributed by atoms with Crippen LogP contribution < -0.4 is 11.2 Å². The molecule has 1 aromatic carbocycles. The van der Waals surface area contributed by atoms with E-state index < -0.39 is 11.2 Å². The average molecular weight is 316 g/mol. The highest BCUT2D eigenvalue weighted by molar-refractivity contribution is 5.70. The van der Waals surface area contributed by atoms with Gasteiger partial charge in [0, 0.05) is 20.1 Å². The van der Waals surface area contributed by atoms with Crippen LogP contribution in [0.25, 0.3) is 11.2 Å². The van der Waals surface area contributed by atoms with Crippen LogP contribution in [-0.2, 0) is 20.1 Å². The van der Waals surface area contributed by atoms with Crippen molar-refractivity contribution in [1.29, 1.82) is 0 Å². The van der Waals surface area contributed by atoms with E-state index in [0.29, 0.717) is 16.7 Å². The Morgan fingerprint density at radius 1 is 1.17 bits per heavy atom. The molecular formula is C15H16N4O4. The lowest BCUT2D eigenvalue weighted by atomic mass is 10.2. The third-order valence-corrected chi connectivity index (χ3v) is 3.81. The van der Waals surface area contributed by atoms with Crippen molar-refractivity contribution >= 4 is 11.2 Å². The van der Waals surface area contributed by atoms with E-state index in [9.17, 15) is 19.8 Å². The molecule has 23 heavy (non-hydrogen) atoms. The third kappa shape index (κ3) is 2.28. The molecule has 0 saturated heterocycles. The molecule has 0 amide bonds. The van der Waals surface area contributed by atoms with Crippen molar-refractivity contribution in [2.75, 3.05) is 0 Å². The quantitative estimate of drug-likeness (QED) is 0.680. The Morgan fingerprint density at radius 2 is 1.91 bits per heavy atom. The van der Waals surface area contributed by atoms with Crippen LogP contribution in [0.15, 0.2) is 34.1 Å². The summed E-state index contributed by atoms with van der Waals surface area (Å²) < 4.78 is 4.11. The monoisotopic (exact) mass is 316 g/mol. The van der Waals surface area contributed by atoms with Crippen molar-refractivity contribution in [3.05, 3.63) is 50.9 Å². The van der Waals surface area contributed by atoms with Crippen LogP contribution in [0.4, 0.5) is 0 Å². The third-order valence-electron chi connectivity index (χ3n) is 3.81. The smallest absolute Gasteiger partial charge is 0.332 e. The number of phenolic OH excluding ortho intramolecular Hbond substituents is 2. The topological polar surface area (TPSA) is 102 Å². The summed E-state index contributed by atoms with van der Waals surface area (Å²) in [6.45, 7) is 2.28. The van der Waals surface area contributed by atoms with Gasteiger partial charge < -0.3 is 14.8 Å². The number of benzene rings is 1. The van der Waals surface area contributed by atoms with Gasteiger partial charge in [-0.15, -0.1) is 0 Å². The maximum absolute atomic E-state index is 12.5. The van der Waals surface area contributed by atoms with Crippen LogP contribution in [-0.4, -0.2) is 28.9 Å². The molecule has 0 saturated carbocycles. The Hall–Kier alpha value is -3.03. The first-order valence-corrected chi connectivity index (χ1v) is 7.09. The molecule has 8 nitrogen and oxygen atoms in total. The fourth-order valence-electron chi connectivity index (χ4n) is 2.58. The van der Waals surface area contributed by atoms with Crippen molar-refractivity contribution in [2.45, 2.75) is 20.0 Å². The molecule has 0 fully saturated rings. The van der Waals surface area contributed by atoms with Crippen LogP contribution in [0, 0.1) is 0 Å². The SMILES string of the molecule is CCn1c(=O)c2c(ncn2Cc2ccc(O)c(O)c2)n(C)c1=O. The zero-order valence-corrected chi connectivity index (χ0v) is 12.7. The summed E-state index contributed by atoms with van der Waals surface area (Å²) in [7, 11) is 1.57. The number of imidazole rings is 1. The van der Waals surface area contributed by atoms with Gasteiger partial charge in [0.1, 0.15) is 0 Å². The lowest BCUT2D eigenvalue weighted by Crippen LogP contribution is -2.39. The first-order valence-electron chi connectivity index (χ1n) is 7.09. The highest BCUT2D eigenvalue weighted by atomic mass is 16.3. The van der Waals surface area contributed by atoms with Gasteiger partial charge in [-0.1, -0.05) is 6.07 Å². The predicted octanol–water partition coefficient (Wildman–Crippen LogP) is 0.376. The molecule has 0 unspecified atom stereocenters. The maximum Gasteiger partial charge on any atom is 0.332 e. The number of hydrogen-bond acceptors (Lipinski definition) is 5. The van der Waals surface area contributed by atoms with E-state index in [1.165, 1.54) is 23.0 Å². The van der Waals surface area contributed by atoms with Gasteiger partial charge in [0.05, 0.1) is 6.33 Å². The minimum absolute atomic E-state index is 0.208. The summed E-state index contributed by atoms with van der Waals surface area (Å²) in [6.07, 6.45) is 1.48. The first-order chi connectivity index (χ1) is 10.9. The largest absolute Gasteiger partial charge is 0.504 e. The van der Waals surface area contributed by atoms with Crippen molar-refractivity contribution in [3.63, 3.8) is 0 Å². The number of nitrogens with zero attached hydrogens (tertiary/aromatic N) is 4. The highest BCUT2D eigenvalue weighted by Gasteiger charge is 2.15. The summed E-state index contributed by atoms with van der Waals surface area (Å²) in [5.41, 5.74) is 0.522. The van der Waals surface area contributed by atoms with E-state index in [2.05, 4.69) is 4.98 Å². The van der Waals surface area contributed by atoms with Gasteiger partial charge in [-0.25, -0.2) is 9.78 Å². The Bertz CT molecular complexity index is 1010. The van der Waals surface area contributed by atoms with Crippen LogP contribution >= 0.6 is 0 Å². The molecule has 3 aromatic rings. The fourth-order valence-corrected chi connectivity index (χ4v) is 2.58. The van der Waals surface area contributed by atoms with E-state index in [1.54, 1.807) is 24.6 Å². The number of fused-ring (bicyclic) bond motifs is 1. The number of hydrogen-bond donors (Lipinski definition) is 2. The average Bonchev–Trinajstić information content (AvgIpc) is 2.93. The van der Waals surface area contributed by atoms with Gasteiger partial charge >= 0.3 is 5.69 Å². The minimum Gasteiger partial charge on any atom is -0.504 e. The van der Waals surface area contributed by atoms with Crippen LogP contribution in [0.1, 0.15) is 12.5 Å². The number of aromatic hydroxyl groups is 2. The van der Waals surface area contributed by atoms with Gasteiger partial charge in [-0.2, -0.15) is 0 Å². The minimum atomic E-state index is -0.405. The summed E-state index contributed by atoms with van der Waals surface area (Å²) in [5, 5.41) is 18.9. The van der Waals surface area contributed by atoms with E-state index >= 15 is 0 Å². The van der Waals surface area contributed by atoms with Crippen LogP contribution in [0.5, 0.6) is 11.5 Å². The highest BCUT2D eigenvalue weighted by Crippen LogP contribution is 2.25. The molecule has 2 N–H and O–H groups in total. The predicted molar refractivity (Wildman–Crippen MR) is 83.8 cm³/mol. The lowest BCUT2D eigenvalue weighted by molar-refractivity contribution is 0.403. The zero-order chi connectivity index (χ0) is 16.7. The summed E-state index contributed by atoms with van der Waals surface area (Å²) in [5.74, 6) is -0.440. The molecule has 2 heterocycles. The van der Waals surface area contributed by atoms with Crippen molar-refractivity contribution in [2.24, 2.45) is 7.05 Å². The number of phenols is 2. The Balaban J connectivity index is 2.19. The van der Waals surface area contributed by atoms with Gasteiger partial charge in [0.25, 0.3) is 5.56 Å². The number of aryl methyl sites for hydroxylation is 1. The van der Waals surface area contributed by atoms with Gasteiger partial charge in [-0.05, 0) is 24.6 Å². The summed E-state index contributed by atoms with van der Waals surface area (Å²) >= 11 is 0. The molecule has 2 aromatic heterocycles. The lowest BCUT2D eigenvalue weighted by Gasteiger charge is -2.08. The zero-order valence-electron chi connectivity index (χ0n) is 12.7. The molecule has 0 aliphatic heterocycles. The standard InChI is InChI=1S/C15H16N4O4/c1-3-19-14(22)12-13(17(2)15(19)23)16-8-18(12)7-9-4-5-10(20)11(21)6-9/h4-6,8,20-21H,3,7H2,1-2H3. The Morgan fingerprint density at radius 3 is 2.57 bits per heavy atom. The molecule has 8 heteroatoms. The van der Waals surface area contributed by atoms with Crippen molar-refractivity contribution in [1.82, 2.24) is 18.7 Å². The molecule has 0 radical (unpaired) electrons. The van der Waals surface area contributed by atoms with Crippen LogP contribution in [0.2, 0.25) is 0 Å². The van der Waals surface area contributed by atoms with Gasteiger partial charge in [0.2, 0.25) is 0 Å². The molecule has 3 rings (SSSR count). The second-order valence-corrected chi connectivity index (χ2v) is 5.26. The summed E-state index contributed by atoms with van der Waals surface area (Å²) in [4.78, 5) is 28.8. The Kier molecular flexibility index (Phi) is 3.44. The van der Waals surface area contributed by atoms with Gasteiger partial charge in [0.15, 0.2) is 22.7 Å². The van der Waals surface area contributed by atoms with Crippen molar-refractivity contribution in [3.8, 4) is 11.5 Å². The molecule has 0 aliphatic rings. The number of rotatable bonds is 3. The van der Waals surface area contributed by atoms with E-state index in [1.807, 2.05) is 0 Å². The second kappa shape index (κ2) is 5.31. The maximum atomic E-state index is 12.5. The molecule has 0 atom stereocenters. The van der Waals surface area contributed by atoms with Crippen molar-refractivity contribution < 1.29 is 10.2 Å².